The maximum atomic E-state index is 11.6. The number of hydrogen-bond acceptors (Lipinski definition) is 2. The monoisotopic (exact) mass is 190 g/mol. The molecule has 0 saturated heterocycles. The molecular weight excluding hydrogens is 176 g/mol. The second-order valence-electron chi connectivity index (χ2n) is 3.42. The van der Waals surface area contributed by atoms with E-state index in [2.05, 4.69) is 0 Å². The standard InChI is InChI=1S/C12H14O2/c1-9(2)8-11(13)12(14)10-6-4-3-5-7-10/h3-8,11,13H,1-2H3. The van der Waals surface area contributed by atoms with Crippen LogP contribution < -0.4 is 0 Å². The van der Waals surface area contributed by atoms with E-state index in [1.54, 1.807) is 30.3 Å². The van der Waals surface area contributed by atoms with Crippen molar-refractivity contribution in [2.45, 2.75) is 20.0 Å². The van der Waals surface area contributed by atoms with Crippen LogP contribution in [0.2, 0.25) is 0 Å². The van der Waals surface area contributed by atoms with Crippen LogP contribution >= 0.6 is 0 Å². The summed E-state index contributed by atoms with van der Waals surface area (Å²) >= 11 is 0. The Bertz CT molecular complexity index is 335. The van der Waals surface area contributed by atoms with Crippen molar-refractivity contribution < 1.29 is 9.90 Å². The van der Waals surface area contributed by atoms with E-state index in [1.165, 1.54) is 0 Å². The van der Waals surface area contributed by atoms with Gasteiger partial charge in [0.05, 0.1) is 0 Å². The van der Waals surface area contributed by atoms with Crippen LogP contribution in [0.3, 0.4) is 0 Å². The van der Waals surface area contributed by atoms with Crippen molar-refractivity contribution in [3.63, 3.8) is 0 Å². The summed E-state index contributed by atoms with van der Waals surface area (Å²) in [6.45, 7) is 3.70. The first-order valence-electron chi connectivity index (χ1n) is 4.53. The van der Waals surface area contributed by atoms with Gasteiger partial charge in [0.15, 0.2) is 5.78 Å². The fraction of sp³-hybridized carbons (Fsp3) is 0.250. The van der Waals surface area contributed by atoms with Crippen LogP contribution in [-0.2, 0) is 0 Å². The summed E-state index contributed by atoms with van der Waals surface area (Å²) in [6, 6.07) is 8.80. The molecule has 0 bridgehead atoms. The van der Waals surface area contributed by atoms with Gasteiger partial charge in [0, 0.05) is 5.56 Å². The van der Waals surface area contributed by atoms with E-state index < -0.39 is 6.10 Å². The molecule has 1 atom stereocenters. The van der Waals surface area contributed by atoms with Gasteiger partial charge in [-0.25, -0.2) is 0 Å². The lowest BCUT2D eigenvalue weighted by Gasteiger charge is -2.05. The van der Waals surface area contributed by atoms with E-state index in [9.17, 15) is 9.90 Å². The van der Waals surface area contributed by atoms with Gasteiger partial charge in [0.2, 0.25) is 0 Å². The molecule has 2 nitrogen and oxygen atoms in total. The van der Waals surface area contributed by atoms with Crippen LogP contribution in [0.4, 0.5) is 0 Å². The molecule has 2 heteroatoms. The summed E-state index contributed by atoms with van der Waals surface area (Å²) in [5.74, 6) is -0.258. The Kier molecular flexibility index (Phi) is 3.60. The predicted octanol–water partition coefficient (Wildman–Crippen LogP) is 2.20. The smallest absolute Gasteiger partial charge is 0.195 e. The number of rotatable bonds is 3. The summed E-state index contributed by atoms with van der Waals surface area (Å²) in [4.78, 5) is 11.6. The third-order valence-corrected chi connectivity index (χ3v) is 1.82. The molecule has 0 radical (unpaired) electrons. The summed E-state index contributed by atoms with van der Waals surface area (Å²) in [5.41, 5.74) is 1.47. The minimum absolute atomic E-state index is 0.258. The molecule has 0 heterocycles. The molecule has 1 rings (SSSR count). The van der Waals surface area contributed by atoms with Gasteiger partial charge >= 0.3 is 0 Å². The summed E-state index contributed by atoms with van der Waals surface area (Å²) in [6.07, 6.45) is 0.525. The Hall–Kier alpha value is -1.41. The van der Waals surface area contributed by atoms with Crippen molar-refractivity contribution in [2.24, 2.45) is 0 Å². The Morgan fingerprint density at radius 3 is 2.36 bits per heavy atom. The van der Waals surface area contributed by atoms with Gasteiger partial charge in [-0.15, -0.1) is 0 Å². The molecule has 14 heavy (non-hydrogen) atoms. The lowest BCUT2D eigenvalue weighted by molar-refractivity contribution is 0.0819. The van der Waals surface area contributed by atoms with E-state index in [0.29, 0.717) is 5.56 Å². The first-order chi connectivity index (χ1) is 6.61. The van der Waals surface area contributed by atoms with Crippen molar-refractivity contribution in [1.29, 1.82) is 0 Å². The molecule has 1 aromatic carbocycles. The SMILES string of the molecule is CC(C)=CC(O)C(=O)c1ccccc1. The van der Waals surface area contributed by atoms with E-state index in [-0.39, 0.29) is 5.78 Å². The van der Waals surface area contributed by atoms with Gasteiger partial charge < -0.3 is 5.11 Å². The maximum absolute atomic E-state index is 11.6. The van der Waals surface area contributed by atoms with Crippen molar-refractivity contribution in [3.05, 3.63) is 47.5 Å². The second kappa shape index (κ2) is 4.72. The fourth-order valence-electron chi connectivity index (χ4n) is 1.16. The van der Waals surface area contributed by atoms with Crippen molar-refractivity contribution in [2.75, 3.05) is 0 Å². The number of aliphatic hydroxyl groups is 1. The molecule has 0 saturated carbocycles. The first kappa shape index (κ1) is 10.7. The molecule has 1 unspecified atom stereocenters. The van der Waals surface area contributed by atoms with E-state index in [4.69, 9.17) is 0 Å². The molecular formula is C12H14O2. The largest absolute Gasteiger partial charge is 0.381 e. The fourth-order valence-corrected chi connectivity index (χ4v) is 1.16. The molecule has 0 spiro atoms. The van der Waals surface area contributed by atoms with E-state index in [0.717, 1.165) is 5.57 Å². The average molecular weight is 190 g/mol. The number of carbonyl (C=O) groups is 1. The Morgan fingerprint density at radius 1 is 1.29 bits per heavy atom. The Balaban J connectivity index is 2.82. The van der Waals surface area contributed by atoms with Crippen LogP contribution in [0.5, 0.6) is 0 Å². The van der Waals surface area contributed by atoms with Gasteiger partial charge in [-0.2, -0.15) is 0 Å². The second-order valence-corrected chi connectivity index (χ2v) is 3.42. The summed E-state index contributed by atoms with van der Waals surface area (Å²) in [7, 11) is 0. The van der Waals surface area contributed by atoms with Crippen LogP contribution in [0.15, 0.2) is 42.0 Å². The van der Waals surface area contributed by atoms with Gasteiger partial charge in [0.1, 0.15) is 6.10 Å². The third-order valence-electron chi connectivity index (χ3n) is 1.82. The number of hydrogen-bond donors (Lipinski definition) is 1. The molecule has 0 fully saturated rings. The summed E-state index contributed by atoms with van der Waals surface area (Å²) < 4.78 is 0. The van der Waals surface area contributed by atoms with Gasteiger partial charge in [-0.3, -0.25) is 4.79 Å². The highest BCUT2D eigenvalue weighted by Gasteiger charge is 2.13. The van der Waals surface area contributed by atoms with Crippen LogP contribution in [0.25, 0.3) is 0 Å². The molecule has 0 aliphatic rings. The zero-order valence-corrected chi connectivity index (χ0v) is 8.40. The predicted molar refractivity (Wildman–Crippen MR) is 56.2 cm³/mol. The third kappa shape index (κ3) is 2.82. The number of Topliss-reactive ketones (excluding diaryl/α,β-unsaturated/α-hetero) is 1. The Labute approximate surface area is 83.9 Å². The van der Waals surface area contributed by atoms with E-state index in [1.807, 2.05) is 19.9 Å². The van der Waals surface area contributed by atoms with E-state index >= 15 is 0 Å². The molecule has 0 aliphatic heterocycles. The number of ketones is 1. The van der Waals surface area contributed by atoms with Gasteiger partial charge in [0.25, 0.3) is 0 Å². The quantitative estimate of drug-likeness (QED) is 0.586. The van der Waals surface area contributed by atoms with Crippen LogP contribution in [0.1, 0.15) is 24.2 Å². The molecule has 0 amide bonds. The molecule has 1 N–H and O–H groups in total. The Morgan fingerprint density at radius 2 is 1.86 bits per heavy atom. The van der Waals surface area contributed by atoms with Gasteiger partial charge in [-0.1, -0.05) is 35.9 Å². The molecule has 1 aromatic rings. The molecule has 0 aromatic heterocycles. The topological polar surface area (TPSA) is 37.3 Å². The zero-order valence-electron chi connectivity index (χ0n) is 8.40. The lowest BCUT2D eigenvalue weighted by atomic mass is 10.1. The molecule has 74 valence electrons. The zero-order chi connectivity index (χ0) is 10.6. The maximum Gasteiger partial charge on any atom is 0.195 e. The van der Waals surface area contributed by atoms with Gasteiger partial charge in [-0.05, 0) is 19.9 Å². The highest BCUT2D eigenvalue weighted by Crippen LogP contribution is 2.05. The van der Waals surface area contributed by atoms with Crippen LogP contribution in [0, 0.1) is 0 Å². The minimum Gasteiger partial charge on any atom is -0.381 e. The summed E-state index contributed by atoms with van der Waals surface area (Å²) in [5, 5.41) is 9.52. The first-order valence-corrected chi connectivity index (χ1v) is 4.53. The lowest BCUT2D eigenvalue weighted by Crippen LogP contribution is -2.17. The van der Waals surface area contributed by atoms with Crippen molar-refractivity contribution >= 4 is 5.78 Å². The van der Waals surface area contributed by atoms with Crippen molar-refractivity contribution in [3.8, 4) is 0 Å². The number of allylic oxidation sites excluding steroid dienone is 1. The van der Waals surface area contributed by atoms with Crippen LogP contribution in [-0.4, -0.2) is 17.0 Å². The van der Waals surface area contributed by atoms with Crippen molar-refractivity contribution in [1.82, 2.24) is 0 Å². The average Bonchev–Trinajstić information content (AvgIpc) is 2.17. The number of benzene rings is 1. The minimum atomic E-state index is -1.03. The molecule has 0 aliphatic carbocycles. The highest BCUT2D eigenvalue weighted by molar-refractivity contribution is 6.00. The number of carbonyl (C=O) groups excluding carboxylic acids is 1. The number of aliphatic hydroxyl groups excluding tert-OH is 1. The highest BCUT2D eigenvalue weighted by atomic mass is 16.3. The normalized spacial score (nSPS) is 11.9.